The minimum atomic E-state index is -0.901. The summed E-state index contributed by atoms with van der Waals surface area (Å²) in [6.45, 7) is 0.558. The zero-order valence-electron chi connectivity index (χ0n) is 15.3. The number of hydrogen-bond donors (Lipinski definition) is 1. The molecule has 0 bridgehead atoms. The third kappa shape index (κ3) is 4.21. The van der Waals surface area contributed by atoms with Gasteiger partial charge in [0.25, 0.3) is 5.91 Å². The minimum absolute atomic E-state index is 0.267. The van der Waals surface area contributed by atoms with Gasteiger partial charge in [-0.05, 0) is 24.3 Å². The molecule has 3 aromatic rings. The van der Waals surface area contributed by atoms with Crippen LogP contribution in [0.2, 0.25) is 0 Å². The van der Waals surface area contributed by atoms with Crippen LogP contribution in [0.25, 0.3) is 11.0 Å². The molecule has 0 spiro atoms. The lowest BCUT2D eigenvalue weighted by Gasteiger charge is -2.10. The van der Waals surface area contributed by atoms with Crippen molar-refractivity contribution in [3.8, 4) is 11.5 Å². The van der Waals surface area contributed by atoms with Gasteiger partial charge < -0.3 is 23.9 Å². The normalized spacial score (nSPS) is 12.8. The maximum absolute atomic E-state index is 12.2. The second-order valence-electron chi connectivity index (χ2n) is 6.31. The van der Waals surface area contributed by atoms with E-state index in [2.05, 4.69) is 5.32 Å². The Balaban J connectivity index is 1.39. The largest absolute Gasteiger partial charge is 0.490 e. The monoisotopic (exact) mass is 395 g/mol. The third-order valence-electron chi connectivity index (χ3n) is 4.20. The fourth-order valence-electron chi connectivity index (χ4n) is 2.84. The van der Waals surface area contributed by atoms with E-state index in [-0.39, 0.29) is 16.8 Å². The first-order chi connectivity index (χ1) is 14.1. The molecule has 0 radical (unpaired) electrons. The number of ether oxygens (including phenoxy) is 3. The van der Waals surface area contributed by atoms with Gasteiger partial charge in [0.15, 0.2) is 23.5 Å². The van der Waals surface area contributed by atoms with Crippen LogP contribution in [0.5, 0.6) is 11.5 Å². The summed E-state index contributed by atoms with van der Waals surface area (Å²) >= 11 is 0. The molecule has 2 aromatic carbocycles. The van der Waals surface area contributed by atoms with Crippen LogP contribution in [0.1, 0.15) is 17.0 Å². The number of rotatable bonds is 4. The highest BCUT2D eigenvalue weighted by atomic mass is 16.5. The van der Waals surface area contributed by atoms with Gasteiger partial charge in [-0.25, -0.2) is 4.79 Å². The molecule has 1 aliphatic rings. The van der Waals surface area contributed by atoms with E-state index in [1.165, 1.54) is 0 Å². The molecule has 0 unspecified atom stereocenters. The van der Waals surface area contributed by atoms with Crippen LogP contribution in [-0.4, -0.2) is 31.7 Å². The predicted octanol–water partition coefficient (Wildman–Crippen LogP) is 2.75. The highest BCUT2D eigenvalue weighted by Gasteiger charge is 2.16. The van der Waals surface area contributed by atoms with Crippen LogP contribution in [0.15, 0.2) is 57.7 Å². The van der Waals surface area contributed by atoms with Crippen molar-refractivity contribution in [1.82, 2.24) is 0 Å². The first kappa shape index (κ1) is 18.5. The van der Waals surface area contributed by atoms with E-state index < -0.39 is 18.5 Å². The van der Waals surface area contributed by atoms with Crippen LogP contribution in [0.3, 0.4) is 0 Å². The van der Waals surface area contributed by atoms with Gasteiger partial charge in [0, 0.05) is 24.2 Å². The predicted molar refractivity (Wildman–Crippen MR) is 103 cm³/mol. The molecule has 4 rings (SSSR count). The molecule has 1 aromatic heterocycles. The maximum atomic E-state index is 12.2. The van der Waals surface area contributed by atoms with Crippen LogP contribution in [0.4, 0.5) is 5.69 Å². The van der Waals surface area contributed by atoms with Crippen molar-refractivity contribution in [2.24, 2.45) is 0 Å². The first-order valence-electron chi connectivity index (χ1n) is 9.00. The summed E-state index contributed by atoms with van der Waals surface area (Å²) < 4.78 is 21.5. The number of hydrogen-bond acceptors (Lipinski definition) is 7. The molecule has 2 heterocycles. The average Bonchev–Trinajstić information content (AvgIpc) is 2.97. The fraction of sp³-hybridized carbons (Fsp3) is 0.190. The SMILES string of the molecule is O=C(COC(=O)c1cc(=O)c2ccccc2o1)Nc1ccc2c(c1)OCCCO2. The highest BCUT2D eigenvalue weighted by Crippen LogP contribution is 2.32. The topological polar surface area (TPSA) is 104 Å². The molecule has 0 atom stereocenters. The molecule has 29 heavy (non-hydrogen) atoms. The number of amides is 1. The summed E-state index contributed by atoms with van der Waals surface area (Å²) in [5, 5.41) is 2.97. The molecule has 0 saturated heterocycles. The van der Waals surface area contributed by atoms with Gasteiger partial charge in [0.2, 0.25) is 5.76 Å². The number of benzene rings is 2. The number of fused-ring (bicyclic) bond motifs is 2. The molecular weight excluding hydrogens is 378 g/mol. The Kier molecular flexibility index (Phi) is 5.15. The maximum Gasteiger partial charge on any atom is 0.374 e. The van der Waals surface area contributed by atoms with E-state index in [1.54, 1.807) is 42.5 Å². The Labute approximate surface area is 165 Å². The Morgan fingerprint density at radius 3 is 2.66 bits per heavy atom. The minimum Gasteiger partial charge on any atom is -0.490 e. The Hall–Kier alpha value is -3.81. The number of carbonyl (C=O) groups excluding carboxylic acids is 2. The lowest BCUT2D eigenvalue weighted by atomic mass is 10.2. The molecule has 8 nitrogen and oxygen atoms in total. The number of carbonyl (C=O) groups is 2. The van der Waals surface area contributed by atoms with Crippen LogP contribution in [0, 0.1) is 0 Å². The van der Waals surface area contributed by atoms with E-state index in [0.717, 1.165) is 12.5 Å². The second kappa shape index (κ2) is 8.05. The lowest BCUT2D eigenvalue weighted by molar-refractivity contribution is -0.119. The van der Waals surface area contributed by atoms with Crippen molar-refractivity contribution in [1.29, 1.82) is 0 Å². The van der Waals surface area contributed by atoms with E-state index in [1.807, 2.05) is 0 Å². The zero-order valence-corrected chi connectivity index (χ0v) is 15.3. The smallest absolute Gasteiger partial charge is 0.374 e. The van der Waals surface area contributed by atoms with Crippen LogP contribution < -0.4 is 20.2 Å². The van der Waals surface area contributed by atoms with Crippen molar-refractivity contribution in [3.63, 3.8) is 0 Å². The molecule has 1 N–H and O–H groups in total. The molecule has 0 saturated carbocycles. The third-order valence-corrected chi connectivity index (χ3v) is 4.20. The molecule has 148 valence electrons. The van der Waals surface area contributed by atoms with Crippen LogP contribution in [-0.2, 0) is 9.53 Å². The summed E-state index contributed by atoms with van der Waals surface area (Å²) in [5.74, 6) is -0.566. The van der Waals surface area contributed by atoms with E-state index in [0.29, 0.717) is 35.8 Å². The van der Waals surface area contributed by atoms with Gasteiger partial charge >= 0.3 is 5.97 Å². The first-order valence-corrected chi connectivity index (χ1v) is 9.00. The number of anilines is 1. The zero-order chi connectivity index (χ0) is 20.2. The summed E-state index contributed by atoms with van der Waals surface area (Å²) in [6.07, 6.45) is 0.775. The van der Waals surface area contributed by atoms with Gasteiger partial charge in [-0.15, -0.1) is 0 Å². The van der Waals surface area contributed by atoms with Gasteiger partial charge in [-0.2, -0.15) is 0 Å². The van der Waals surface area contributed by atoms with Crippen molar-refractivity contribution < 1.29 is 28.2 Å². The molecule has 0 aliphatic carbocycles. The van der Waals surface area contributed by atoms with Crippen molar-refractivity contribution in [2.75, 3.05) is 25.1 Å². The fourth-order valence-corrected chi connectivity index (χ4v) is 2.84. The summed E-state index contributed by atoms with van der Waals surface area (Å²) in [6, 6.07) is 12.6. The van der Waals surface area contributed by atoms with Gasteiger partial charge in [0.05, 0.1) is 18.6 Å². The summed E-state index contributed by atoms with van der Waals surface area (Å²) in [7, 11) is 0. The number of para-hydroxylation sites is 1. The van der Waals surface area contributed by atoms with Crippen molar-refractivity contribution in [3.05, 3.63) is 64.5 Å². The lowest BCUT2D eigenvalue weighted by Crippen LogP contribution is -2.21. The second-order valence-corrected chi connectivity index (χ2v) is 6.31. The molecule has 1 aliphatic heterocycles. The van der Waals surface area contributed by atoms with Gasteiger partial charge in [0.1, 0.15) is 5.58 Å². The summed E-state index contributed by atoms with van der Waals surface area (Å²) in [4.78, 5) is 36.3. The number of nitrogens with one attached hydrogen (secondary N) is 1. The standard InChI is InChI=1S/C21H17NO7/c23-15-11-19(29-16-5-2-1-4-14(15)16)21(25)28-12-20(24)22-13-6-7-17-18(10-13)27-9-3-8-26-17/h1-2,4-7,10-11H,3,8-9,12H2,(H,22,24). The quantitative estimate of drug-likeness (QED) is 0.678. The van der Waals surface area contributed by atoms with E-state index in [9.17, 15) is 14.4 Å². The van der Waals surface area contributed by atoms with Crippen molar-refractivity contribution >= 4 is 28.5 Å². The van der Waals surface area contributed by atoms with Gasteiger partial charge in [-0.1, -0.05) is 12.1 Å². The molecule has 0 fully saturated rings. The van der Waals surface area contributed by atoms with Crippen LogP contribution >= 0.6 is 0 Å². The number of esters is 1. The van der Waals surface area contributed by atoms with E-state index in [4.69, 9.17) is 18.6 Å². The molecule has 1 amide bonds. The average molecular weight is 395 g/mol. The highest BCUT2D eigenvalue weighted by molar-refractivity contribution is 5.95. The summed E-state index contributed by atoms with van der Waals surface area (Å²) in [5.41, 5.74) is 0.381. The van der Waals surface area contributed by atoms with E-state index >= 15 is 0 Å². The van der Waals surface area contributed by atoms with Crippen molar-refractivity contribution in [2.45, 2.75) is 6.42 Å². The molecule has 8 heteroatoms. The Bertz CT molecular complexity index is 1140. The molecular formula is C21H17NO7. The Morgan fingerprint density at radius 1 is 1.00 bits per heavy atom. The van der Waals surface area contributed by atoms with Gasteiger partial charge in [-0.3, -0.25) is 9.59 Å². The Morgan fingerprint density at radius 2 is 1.79 bits per heavy atom.